The quantitative estimate of drug-likeness (QED) is 0.505. The van der Waals surface area contributed by atoms with Crippen LogP contribution in [0, 0.1) is 17.8 Å². The molecule has 33 heavy (non-hydrogen) atoms. The first kappa shape index (κ1) is 24.3. The molecule has 2 aromatic carbocycles. The molecule has 4 fully saturated rings. The van der Waals surface area contributed by atoms with Crippen molar-refractivity contribution in [1.29, 1.82) is 0 Å². The summed E-state index contributed by atoms with van der Waals surface area (Å²) in [5.74, 6) is -0.801. The zero-order chi connectivity index (χ0) is 22.5. The topological polar surface area (TPSA) is 98.3 Å². The molecule has 4 aliphatic rings. The van der Waals surface area contributed by atoms with Crippen LogP contribution in [0.2, 0.25) is 5.02 Å². The van der Waals surface area contributed by atoms with Crippen molar-refractivity contribution in [2.45, 2.75) is 43.9 Å². The molecule has 8 heteroatoms. The number of carbonyl (C=O) groups is 3. The minimum Gasteiger partial charge on any atom is -0.545 e. The van der Waals surface area contributed by atoms with E-state index in [-0.39, 0.29) is 51.2 Å². The van der Waals surface area contributed by atoms with Gasteiger partial charge in [0.1, 0.15) is 0 Å². The Morgan fingerprint density at radius 1 is 0.848 bits per heavy atom. The number of carboxylic acid groups (broad SMARTS) is 1. The Balaban J connectivity index is 0.00000259. The molecular weight excluding hydrogens is 451 g/mol. The molecule has 2 N–H and O–H groups in total. The number of carbonyl (C=O) groups excluding carboxylic acids is 3. The van der Waals surface area contributed by atoms with Gasteiger partial charge in [-0.3, -0.25) is 9.59 Å². The Morgan fingerprint density at radius 2 is 1.39 bits per heavy atom. The van der Waals surface area contributed by atoms with Gasteiger partial charge in [0.15, 0.2) is 0 Å². The third-order valence-electron chi connectivity index (χ3n) is 7.45. The van der Waals surface area contributed by atoms with Crippen molar-refractivity contribution in [3.63, 3.8) is 0 Å². The molecule has 6 nitrogen and oxygen atoms in total. The third kappa shape index (κ3) is 4.85. The fourth-order valence-corrected chi connectivity index (χ4v) is 6.70. The second-order valence-corrected chi connectivity index (χ2v) is 10.1. The van der Waals surface area contributed by atoms with Gasteiger partial charge in [0, 0.05) is 16.3 Å². The van der Waals surface area contributed by atoms with Crippen molar-refractivity contribution >= 4 is 40.8 Å². The molecule has 2 aromatic rings. The standard InChI is InChI=1S/C25H25ClN2O4.Na/c26-18-3-6-21(20(10-18)24(31)32)28-23(30)22(29)27-19-4-1-17(2-5-19)25-11-14-7-15(12-25)9-16(8-14)13-25;/h1-6,10,14-16H,7-9,11-13H2,(H,27,29)(H,28,30)(H,31,32);/q;+1/p-1. The summed E-state index contributed by atoms with van der Waals surface area (Å²) >= 11 is 5.80. The number of hydrogen-bond donors (Lipinski definition) is 2. The van der Waals surface area contributed by atoms with Gasteiger partial charge in [0.05, 0.1) is 11.7 Å². The van der Waals surface area contributed by atoms with E-state index in [4.69, 9.17) is 11.6 Å². The van der Waals surface area contributed by atoms with Crippen LogP contribution in [0.5, 0.6) is 0 Å². The van der Waals surface area contributed by atoms with Gasteiger partial charge in [-0.1, -0.05) is 23.7 Å². The maximum atomic E-state index is 12.4. The largest absolute Gasteiger partial charge is 1.00 e. The Bertz CT molecular complexity index is 1070. The molecule has 0 saturated heterocycles. The van der Waals surface area contributed by atoms with E-state index < -0.39 is 17.8 Å². The van der Waals surface area contributed by atoms with Crippen molar-refractivity contribution in [3.05, 3.63) is 58.6 Å². The fourth-order valence-electron chi connectivity index (χ4n) is 6.53. The van der Waals surface area contributed by atoms with E-state index in [1.54, 1.807) is 0 Å². The van der Waals surface area contributed by atoms with Crippen LogP contribution in [0.4, 0.5) is 11.4 Å². The molecule has 6 rings (SSSR count). The van der Waals surface area contributed by atoms with Gasteiger partial charge in [-0.15, -0.1) is 0 Å². The van der Waals surface area contributed by atoms with E-state index in [0.29, 0.717) is 5.69 Å². The molecule has 0 unspecified atom stereocenters. The van der Waals surface area contributed by atoms with Crippen molar-refractivity contribution in [3.8, 4) is 0 Å². The number of benzene rings is 2. The average Bonchev–Trinajstić information content (AvgIpc) is 2.74. The molecule has 0 atom stereocenters. The first-order chi connectivity index (χ1) is 15.3. The van der Waals surface area contributed by atoms with Crippen molar-refractivity contribution in [1.82, 2.24) is 0 Å². The molecule has 4 bridgehead atoms. The molecule has 2 amide bonds. The van der Waals surface area contributed by atoms with Crippen LogP contribution in [0.15, 0.2) is 42.5 Å². The number of aromatic carboxylic acids is 1. The number of carboxylic acids is 1. The summed E-state index contributed by atoms with van der Waals surface area (Å²) in [4.78, 5) is 35.9. The SMILES string of the molecule is O=C(Nc1ccc(C23CC4CC(CC(C4)C2)C3)cc1)C(=O)Nc1ccc(Cl)cc1C(=O)[O-].[Na+]. The van der Waals surface area contributed by atoms with Gasteiger partial charge in [0.25, 0.3) is 0 Å². The monoisotopic (exact) mass is 474 g/mol. The van der Waals surface area contributed by atoms with E-state index in [2.05, 4.69) is 22.8 Å². The summed E-state index contributed by atoms with van der Waals surface area (Å²) in [6.45, 7) is 0. The van der Waals surface area contributed by atoms with Gasteiger partial charge >= 0.3 is 41.4 Å². The zero-order valence-corrected chi connectivity index (χ0v) is 21.3. The van der Waals surface area contributed by atoms with Gasteiger partial charge in [-0.2, -0.15) is 0 Å². The summed E-state index contributed by atoms with van der Waals surface area (Å²) in [5.41, 5.74) is 1.78. The van der Waals surface area contributed by atoms with E-state index in [9.17, 15) is 19.5 Å². The predicted molar refractivity (Wildman–Crippen MR) is 119 cm³/mol. The van der Waals surface area contributed by atoms with Gasteiger partial charge in [0.2, 0.25) is 0 Å². The second-order valence-electron chi connectivity index (χ2n) is 9.66. The van der Waals surface area contributed by atoms with Crippen LogP contribution in [-0.2, 0) is 15.0 Å². The molecule has 0 heterocycles. The summed E-state index contributed by atoms with van der Waals surface area (Å²) in [6, 6.07) is 11.7. The summed E-state index contributed by atoms with van der Waals surface area (Å²) in [6.07, 6.45) is 7.93. The van der Waals surface area contributed by atoms with Crippen LogP contribution in [-0.4, -0.2) is 17.8 Å². The van der Waals surface area contributed by atoms with Crippen LogP contribution in [0.25, 0.3) is 0 Å². The first-order valence-electron chi connectivity index (χ1n) is 11.0. The van der Waals surface area contributed by atoms with Crippen LogP contribution >= 0.6 is 11.6 Å². The molecule has 166 valence electrons. The zero-order valence-electron chi connectivity index (χ0n) is 18.5. The first-order valence-corrected chi connectivity index (χ1v) is 11.4. The average molecular weight is 475 g/mol. The van der Waals surface area contributed by atoms with Crippen molar-refractivity contribution in [2.75, 3.05) is 10.6 Å². The van der Waals surface area contributed by atoms with E-state index in [1.165, 1.54) is 56.2 Å². The predicted octanol–water partition coefficient (Wildman–Crippen LogP) is 0.752. The van der Waals surface area contributed by atoms with E-state index in [1.807, 2.05) is 12.1 Å². The second kappa shape index (κ2) is 9.41. The number of hydrogen-bond acceptors (Lipinski definition) is 4. The minimum absolute atomic E-state index is 0. The number of halogens is 1. The normalized spacial score (nSPS) is 26.9. The Kier molecular flexibility index (Phi) is 6.92. The number of rotatable bonds is 4. The smallest absolute Gasteiger partial charge is 0.545 e. The molecule has 4 saturated carbocycles. The van der Waals surface area contributed by atoms with E-state index in [0.717, 1.165) is 23.8 Å². The number of amides is 2. The molecule has 0 aliphatic heterocycles. The Labute approximate surface area is 219 Å². The summed E-state index contributed by atoms with van der Waals surface area (Å²) < 4.78 is 0. The minimum atomic E-state index is -1.50. The fraction of sp³-hybridized carbons (Fsp3) is 0.400. The van der Waals surface area contributed by atoms with Crippen molar-refractivity contribution in [2.24, 2.45) is 17.8 Å². The molecule has 0 aromatic heterocycles. The van der Waals surface area contributed by atoms with Crippen molar-refractivity contribution < 1.29 is 49.0 Å². The molecule has 0 spiro atoms. The Morgan fingerprint density at radius 3 is 1.94 bits per heavy atom. The Hall–Kier alpha value is -1.86. The molecular formula is C25H24ClN2NaO4. The third-order valence-corrected chi connectivity index (χ3v) is 7.68. The number of nitrogens with one attached hydrogen (secondary N) is 2. The van der Waals surface area contributed by atoms with Gasteiger partial charge in [-0.05, 0) is 97.6 Å². The van der Waals surface area contributed by atoms with Crippen LogP contribution in [0.3, 0.4) is 0 Å². The van der Waals surface area contributed by atoms with E-state index >= 15 is 0 Å². The maximum absolute atomic E-state index is 12.4. The molecule has 0 radical (unpaired) electrons. The maximum Gasteiger partial charge on any atom is 1.00 e. The van der Waals surface area contributed by atoms with Gasteiger partial charge < -0.3 is 20.5 Å². The van der Waals surface area contributed by atoms with Gasteiger partial charge in [-0.25, -0.2) is 0 Å². The summed E-state index contributed by atoms with van der Waals surface area (Å²) in [7, 11) is 0. The summed E-state index contributed by atoms with van der Waals surface area (Å²) in [5, 5.41) is 16.3. The molecule has 4 aliphatic carbocycles. The van der Waals surface area contributed by atoms with Crippen LogP contribution < -0.4 is 45.3 Å². The number of anilines is 2. The van der Waals surface area contributed by atoms with Crippen LogP contribution in [0.1, 0.15) is 54.4 Å².